The van der Waals surface area contributed by atoms with Gasteiger partial charge in [-0.1, -0.05) is 24.3 Å². The SMILES string of the molecule is CCOB(OC)c1ccc(Oc2ccccc2)nc1. The minimum absolute atomic E-state index is 0.386. The van der Waals surface area contributed by atoms with Crippen molar-refractivity contribution in [3.8, 4) is 11.6 Å². The number of benzene rings is 1. The van der Waals surface area contributed by atoms with Crippen molar-refractivity contribution in [3.63, 3.8) is 0 Å². The van der Waals surface area contributed by atoms with Crippen LogP contribution in [0.15, 0.2) is 48.7 Å². The Hall–Kier alpha value is -1.85. The van der Waals surface area contributed by atoms with E-state index in [1.54, 1.807) is 19.4 Å². The summed E-state index contributed by atoms with van der Waals surface area (Å²) in [7, 11) is 1.22. The molecule has 0 spiro atoms. The predicted octanol–water partition coefficient (Wildman–Crippen LogP) is 2.25. The van der Waals surface area contributed by atoms with Crippen molar-refractivity contribution in [3.05, 3.63) is 48.7 Å². The third-order valence-electron chi connectivity index (χ3n) is 2.53. The first-order valence-electron chi connectivity index (χ1n) is 6.16. The van der Waals surface area contributed by atoms with Crippen LogP contribution in [0.4, 0.5) is 0 Å². The van der Waals surface area contributed by atoms with Crippen molar-refractivity contribution in [2.45, 2.75) is 6.92 Å². The molecule has 0 atom stereocenters. The molecule has 19 heavy (non-hydrogen) atoms. The Labute approximate surface area is 113 Å². The summed E-state index contributed by atoms with van der Waals surface area (Å²) in [6.45, 7) is 2.51. The molecule has 5 heteroatoms. The molecule has 1 heterocycles. The third kappa shape index (κ3) is 3.81. The van der Waals surface area contributed by atoms with Gasteiger partial charge in [0.15, 0.2) is 0 Å². The molecule has 0 fully saturated rings. The van der Waals surface area contributed by atoms with Crippen LogP contribution in [0.5, 0.6) is 11.6 Å². The summed E-state index contributed by atoms with van der Waals surface area (Å²) in [5.41, 5.74) is 0.866. The Kier molecular flexibility index (Phi) is 4.95. The molecule has 1 aromatic heterocycles. The lowest BCUT2D eigenvalue weighted by molar-refractivity contribution is 0.253. The van der Waals surface area contributed by atoms with E-state index < -0.39 is 0 Å². The zero-order valence-electron chi connectivity index (χ0n) is 11.1. The average molecular weight is 257 g/mol. The molecule has 0 saturated heterocycles. The maximum absolute atomic E-state index is 5.61. The number of hydrogen-bond donors (Lipinski definition) is 0. The van der Waals surface area contributed by atoms with Crippen molar-refractivity contribution in [2.75, 3.05) is 13.7 Å². The molecule has 2 aromatic rings. The normalized spacial score (nSPS) is 10.2. The summed E-state index contributed by atoms with van der Waals surface area (Å²) in [4.78, 5) is 4.24. The third-order valence-corrected chi connectivity index (χ3v) is 2.53. The second-order valence-corrected chi connectivity index (χ2v) is 3.87. The molecule has 0 aliphatic carbocycles. The first-order valence-corrected chi connectivity index (χ1v) is 6.16. The van der Waals surface area contributed by atoms with Crippen molar-refractivity contribution in [1.82, 2.24) is 4.98 Å². The van der Waals surface area contributed by atoms with Gasteiger partial charge >= 0.3 is 7.12 Å². The number of hydrogen-bond acceptors (Lipinski definition) is 4. The minimum Gasteiger partial charge on any atom is -0.439 e. The van der Waals surface area contributed by atoms with Crippen LogP contribution < -0.4 is 10.2 Å². The van der Waals surface area contributed by atoms with E-state index in [0.29, 0.717) is 12.5 Å². The zero-order chi connectivity index (χ0) is 13.5. The first-order chi connectivity index (χ1) is 9.33. The van der Waals surface area contributed by atoms with Gasteiger partial charge in [-0.3, -0.25) is 0 Å². The smallest absolute Gasteiger partial charge is 0.439 e. The van der Waals surface area contributed by atoms with Gasteiger partial charge in [0.25, 0.3) is 0 Å². The predicted molar refractivity (Wildman–Crippen MR) is 74.8 cm³/mol. The van der Waals surface area contributed by atoms with Gasteiger partial charge in [0.05, 0.1) is 0 Å². The molecule has 0 saturated carbocycles. The van der Waals surface area contributed by atoms with Crippen LogP contribution in [-0.2, 0) is 9.31 Å². The molecule has 0 aliphatic heterocycles. The van der Waals surface area contributed by atoms with E-state index in [4.69, 9.17) is 14.0 Å². The van der Waals surface area contributed by atoms with E-state index in [9.17, 15) is 0 Å². The molecule has 0 unspecified atom stereocenters. The van der Waals surface area contributed by atoms with E-state index in [1.807, 2.05) is 43.3 Å². The number of aromatic nitrogens is 1. The Morgan fingerprint density at radius 1 is 1.11 bits per heavy atom. The number of nitrogens with zero attached hydrogens (tertiary/aromatic N) is 1. The lowest BCUT2D eigenvalue weighted by Crippen LogP contribution is -2.36. The first kappa shape index (κ1) is 13.6. The number of pyridine rings is 1. The van der Waals surface area contributed by atoms with Gasteiger partial charge in [-0.15, -0.1) is 0 Å². The highest BCUT2D eigenvalue weighted by molar-refractivity contribution is 6.61. The quantitative estimate of drug-likeness (QED) is 0.744. The molecule has 1 aromatic carbocycles. The molecular weight excluding hydrogens is 241 g/mol. The fraction of sp³-hybridized carbons (Fsp3) is 0.214. The molecule has 4 nitrogen and oxygen atoms in total. The molecule has 2 rings (SSSR count). The fourth-order valence-corrected chi connectivity index (χ4v) is 1.65. The van der Waals surface area contributed by atoms with Crippen molar-refractivity contribution < 1.29 is 14.0 Å². The van der Waals surface area contributed by atoms with Crippen LogP contribution >= 0.6 is 0 Å². The highest BCUT2D eigenvalue weighted by atomic mass is 16.6. The van der Waals surface area contributed by atoms with Crippen LogP contribution in [0.2, 0.25) is 0 Å². The lowest BCUT2D eigenvalue weighted by Gasteiger charge is -2.11. The van der Waals surface area contributed by atoms with Crippen molar-refractivity contribution in [2.24, 2.45) is 0 Å². The van der Waals surface area contributed by atoms with Gasteiger partial charge < -0.3 is 14.0 Å². The molecule has 0 N–H and O–H groups in total. The van der Waals surface area contributed by atoms with E-state index in [1.165, 1.54) is 0 Å². The lowest BCUT2D eigenvalue weighted by atomic mass is 9.80. The summed E-state index contributed by atoms with van der Waals surface area (Å²) in [5.74, 6) is 1.30. The average Bonchev–Trinajstić information content (AvgIpc) is 2.47. The van der Waals surface area contributed by atoms with Gasteiger partial charge in [-0.05, 0) is 19.1 Å². The molecule has 0 bridgehead atoms. The monoisotopic (exact) mass is 257 g/mol. The summed E-state index contributed by atoms with van der Waals surface area (Å²) in [5, 5.41) is 0. The highest BCUT2D eigenvalue weighted by Crippen LogP contribution is 2.17. The standard InChI is InChI=1S/C14H16BNO3/c1-3-18-15(17-2)12-9-10-14(16-11-12)19-13-7-5-4-6-8-13/h4-11H,3H2,1-2H3. The Morgan fingerprint density at radius 2 is 1.89 bits per heavy atom. The summed E-state index contributed by atoms with van der Waals surface area (Å²) < 4.78 is 16.3. The van der Waals surface area contributed by atoms with Gasteiger partial charge in [-0.25, -0.2) is 4.98 Å². The van der Waals surface area contributed by atoms with Gasteiger partial charge in [-0.2, -0.15) is 0 Å². The topological polar surface area (TPSA) is 40.6 Å². The zero-order valence-corrected chi connectivity index (χ0v) is 11.1. The molecule has 98 valence electrons. The van der Waals surface area contributed by atoms with Gasteiger partial charge in [0.2, 0.25) is 5.88 Å². The fourth-order valence-electron chi connectivity index (χ4n) is 1.65. The minimum atomic E-state index is -0.386. The summed E-state index contributed by atoms with van der Waals surface area (Å²) in [6.07, 6.45) is 1.70. The van der Waals surface area contributed by atoms with Crippen LogP contribution in [-0.4, -0.2) is 25.8 Å². The van der Waals surface area contributed by atoms with Crippen molar-refractivity contribution >= 4 is 12.6 Å². The summed E-state index contributed by atoms with van der Waals surface area (Å²) >= 11 is 0. The second kappa shape index (κ2) is 6.92. The number of para-hydroxylation sites is 1. The molecule has 0 radical (unpaired) electrons. The second-order valence-electron chi connectivity index (χ2n) is 3.87. The van der Waals surface area contributed by atoms with Crippen molar-refractivity contribution in [1.29, 1.82) is 0 Å². The molecule has 0 amide bonds. The maximum Gasteiger partial charge on any atom is 0.495 e. The maximum atomic E-state index is 5.61. The van der Waals surface area contributed by atoms with Crippen LogP contribution in [0, 0.1) is 0 Å². The number of rotatable bonds is 6. The van der Waals surface area contributed by atoms with E-state index in [0.717, 1.165) is 11.2 Å². The molecular formula is C14H16BNO3. The Bertz CT molecular complexity index is 490. The number of ether oxygens (including phenoxy) is 1. The van der Waals surface area contributed by atoms with Crippen LogP contribution in [0.25, 0.3) is 0 Å². The Balaban J connectivity index is 2.06. The Morgan fingerprint density at radius 3 is 2.47 bits per heavy atom. The summed E-state index contributed by atoms with van der Waals surface area (Å²) in [6, 6.07) is 13.2. The highest BCUT2D eigenvalue weighted by Gasteiger charge is 2.19. The van der Waals surface area contributed by atoms with Gasteiger partial charge in [0.1, 0.15) is 5.75 Å². The van der Waals surface area contributed by atoms with E-state index in [2.05, 4.69) is 4.98 Å². The largest absolute Gasteiger partial charge is 0.495 e. The molecule has 0 aliphatic rings. The van der Waals surface area contributed by atoms with Gasteiger partial charge in [0, 0.05) is 31.4 Å². The van der Waals surface area contributed by atoms with Crippen LogP contribution in [0.1, 0.15) is 6.92 Å². The van der Waals surface area contributed by atoms with E-state index >= 15 is 0 Å². The van der Waals surface area contributed by atoms with E-state index in [-0.39, 0.29) is 7.12 Å². The van der Waals surface area contributed by atoms with Crippen LogP contribution in [0.3, 0.4) is 0 Å².